The number of nitrogens with one attached hydrogen (secondary N) is 2. The number of aryl methyl sites for hydroxylation is 3. The lowest BCUT2D eigenvalue weighted by Crippen LogP contribution is -2.29. The Morgan fingerprint density at radius 1 is 1.15 bits per heavy atom. The molecule has 7 heteroatoms. The summed E-state index contributed by atoms with van der Waals surface area (Å²) in [6, 6.07) is 7.62. The highest BCUT2D eigenvalue weighted by atomic mass is 32.1. The maximum Gasteiger partial charge on any atom is 0.239 e. The van der Waals surface area contributed by atoms with Crippen molar-refractivity contribution in [2.75, 3.05) is 19.0 Å². The number of benzene rings is 1. The molecular formula is C19H22N4O2S. The SMILES string of the molecule is COc1ccc(CNC(=O)CNc2nc(C)nc3sc(C)c(C)c23)cc1. The van der Waals surface area contributed by atoms with Crippen molar-refractivity contribution in [2.24, 2.45) is 0 Å². The number of carbonyl (C=O) groups is 1. The number of rotatable bonds is 6. The van der Waals surface area contributed by atoms with Crippen molar-refractivity contribution < 1.29 is 9.53 Å². The molecule has 0 bridgehead atoms. The molecule has 0 spiro atoms. The van der Waals surface area contributed by atoms with Gasteiger partial charge in [0.2, 0.25) is 5.91 Å². The first-order chi connectivity index (χ1) is 12.5. The molecule has 0 radical (unpaired) electrons. The molecule has 0 saturated heterocycles. The maximum absolute atomic E-state index is 12.2. The Bertz CT molecular complexity index is 935. The van der Waals surface area contributed by atoms with Crippen LogP contribution in [-0.2, 0) is 11.3 Å². The van der Waals surface area contributed by atoms with E-state index >= 15 is 0 Å². The number of nitrogens with zero attached hydrogens (tertiary/aromatic N) is 2. The zero-order valence-corrected chi connectivity index (χ0v) is 16.2. The molecule has 6 nitrogen and oxygen atoms in total. The number of ether oxygens (including phenoxy) is 1. The molecule has 0 atom stereocenters. The zero-order chi connectivity index (χ0) is 18.7. The minimum atomic E-state index is -0.0881. The lowest BCUT2D eigenvalue weighted by molar-refractivity contribution is -0.119. The van der Waals surface area contributed by atoms with Crippen molar-refractivity contribution in [2.45, 2.75) is 27.3 Å². The highest BCUT2D eigenvalue weighted by molar-refractivity contribution is 7.18. The van der Waals surface area contributed by atoms with Crippen LogP contribution in [0.2, 0.25) is 0 Å². The standard InChI is InChI=1S/C19H22N4O2S/c1-11-12(2)26-19-17(11)18(22-13(3)23-19)21-10-16(24)20-9-14-5-7-15(25-4)8-6-14/h5-8H,9-10H2,1-4H3,(H,20,24)(H,21,22,23). The van der Waals surface area contributed by atoms with E-state index < -0.39 is 0 Å². The number of anilines is 1. The van der Waals surface area contributed by atoms with Crippen molar-refractivity contribution in [1.29, 1.82) is 0 Å². The van der Waals surface area contributed by atoms with Gasteiger partial charge in [-0.1, -0.05) is 12.1 Å². The second-order valence-electron chi connectivity index (χ2n) is 6.06. The van der Waals surface area contributed by atoms with E-state index in [1.54, 1.807) is 18.4 Å². The summed E-state index contributed by atoms with van der Waals surface area (Å²) in [4.78, 5) is 23.3. The predicted molar refractivity (Wildman–Crippen MR) is 105 cm³/mol. The van der Waals surface area contributed by atoms with E-state index in [4.69, 9.17) is 4.74 Å². The molecule has 0 aliphatic rings. The van der Waals surface area contributed by atoms with Crippen LogP contribution in [0.5, 0.6) is 5.75 Å². The van der Waals surface area contributed by atoms with Gasteiger partial charge in [-0.05, 0) is 44.0 Å². The summed E-state index contributed by atoms with van der Waals surface area (Å²) in [6.45, 7) is 6.62. The molecule has 2 N–H and O–H groups in total. The Balaban J connectivity index is 1.63. The van der Waals surface area contributed by atoms with Gasteiger partial charge in [0, 0.05) is 11.4 Å². The highest BCUT2D eigenvalue weighted by Crippen LogP contribution is 2.33. The minimum Gasteiger partial charge on any atom is -0.497 e. The summed E-state index contributed by atoms with van der Waals surface area (Å²) < 4.78 is 5.13. The Kier molecular flexibility index (Phi) is 5.37. The van der Waals surface area contributed by atoms with Crippen LogP contribution in [0.25, 0.3) is 10.2 Å². The molecule has 0 saturated carbocycles. The smallest absolute Gasteiger partial charge is 0.239 e. The number of aromatic nitrogens is 2. The third-order valence-corrected chi connectivity index (χ3v) is 5.31. The Labute approximate surface area is 156 Å². The van der Waals surface area contributed by atoms with Crippen molar-refractivity contribution in [1.82, 2.24) is 15.3 Å². The average molecular weight is 370 g/mol. The van der Waals surface area contributed by atoms with Crippen LogP contribution in [-0.4, -0.2) is 29.5 Å². The fraction of sp³-hybridized carbons (Fsp3) is 0.316. The predicted octanol–water partition coefficient (Wildman–Crippen LogP) is 3.35. The fourth-order valence-corrected chi connectivity index (χ4v) is 3.73. The number of carbonyl (C=O) groups excluding carboxylic acids is 1. The quantitative estimate of drug-likeness (QED) is 0.696. The largest absolute Gasteiger partial charge is 0.497 e. The minimum absolute atomic E-state index is 0.0881. The van der Waals surface area contributed by atoms with Gasteiger partial charge in [0.05, 0.1) is 19.0 Å². The molecule has 2 aromatic heterocycles. The van der Waals surface area contributed by atoms with E-state index in [2.05, 4.69) is 34.4 Å². The van der Waals surface area contributed by atoms with Crippen LogP contribution in [0.15, 0.2) is 24.3 Å². The number of methoxy groups -OCH3 is 1. The van der Waals surface area contributed by atoms with Crippen molar-refractivity contribution in [3.05, 3.63) is 46.1 Å². The third-order valence-electron chi connectivity index (χ3n) is 4.21. The average Bonchev–Trinajstić information content (AvgIpc) is 2.92. The van der Waals surface area contributed by atoms with Crippen LogP contribution in [0.4, 0.5) is 5.82 Å². The van der Waals surface area contributed by atoms with E-state index in [1.165, 1.54) is 4.88 Å². The molecule has 0 aliphatic carbocycles. The summed E-state index contributed by atoms with van der Waals surface area (Å²) in [5, 5.41) is 7.07. The highest BCUT2D eigenvalue weighted by Gasteiger charge is 2.14. The van der Waals surface area contributed by atoms with Crippen LogP contribution >= 0.6 is 11.3 Å². The van der Waals surface area contributed by atoms with Gasteiger partial charge in [-0.25, -0.2) is 9.97 Å². The first kappa shape index (κ1) is 18.1. The van der Waals surface area contributed by atoms with Gasteiger partial charge >= 0.3 is 0 Å². The van der Waals surface area contributed by atoms with Crippen LogP contribution in [0.3, 0.4) is 0 Å². The number of hydrogen-bond acceptors (Lipinski definition) is 6. The first-order valence-corrected chi connectivity index (χ1v) is 9.17. The third kappa shape index (κ3) is 3.94. The van der Waals surface area contributed by atoms with Gasteiger partial charge in [0.25, 0.3) is 0 Å². The molecule has 3 rings (SSSR count). The molecule has 1 amide bonds. The maximum atomic E-state index is 12.2. The van der Waals surface area contributed by atoms with Crippen LogP contribution < -0.4 is 15.4 Å². The molecule has 3 aromatic rings. The molecule has 26 heavy (non-hydrogen) atoms. The lowest BCUT2D eigenvalue weighted by Gasteiger charge is -2.10. The van der Waals surface area contributed by atoms with E-state index in [0.717, 1.165) is 27.1 Å². The summed E-state index contributed by atoms with van der Waals surface area (Å²) in [5.74, 6) is 2.12. The van der Waals surface area contributed by atoms with Gasteiger partial charge in [-0.3, -0.25) is 4.79 Å². The number of thiophene rings is 1. The number of fused-ring (bicyclic) bond motifs is 1. The van der Waals surface area contributed by atoms with E-state index in [-0.39, 0.29) is 12.5 Å². The summed E-state index contributed by atoms with van der Waals surface area (Å²) in [7, 11) is 1.63. The normalized spacial score (nSPS) is 10.8. The molecule has 0 aliphatic heterocycles. The van der Waals surface area contributed by atoms with E-state index in [0.29, 0.717) is 18.2 Å². The van der Waals surface area contributed by atoms with E-state index in [9.17, 15) is 4.79 Å². The molecule has 2 heterocycles. The first-order valence-electron chi connectivity index (χ1n) is 8.35. The van der Waals surface area contributed by atoms with Gasteiger partial charge in [0.15, 0.2) is 0 Å². The monoisotopic (exact) mass is 370 g/mol. The van der Waals surface area contributed by atoms with Gasteiger partial charge in [0.1, 0.15) is 22.2 Å². The van der Waals surface area contributed by atoms with Gasteiger partial charge < -0.3 is 15.4 Å². The van der Waals surface area contributed by atoms with Crippen molar-refractivity contribution in [3.8, 4) is 5.75 Å². The van der Waals surface area contributed by atoms with Gasteiger partial charge in [-0.15, -0.1) is 11.3 Å². The molecular weight excluding hydrogens is 348 g/mol. The second-order valence-corrected chi connectivity index (χ2v) is 7.26. The Morgan fingerprint density at radius 3 is 2.58 bits per heavy atom. The number of amides is 1. The van der Waals surface area contributed by atoms with Crippen LogP contribution in [0.1, 0.15) is 21.8 Å². The van der Waals surface area contributed by atoms with Crippen molar-refractivity contribution >= 4 is 33.3 Å². The molecule has 0 unspecified atom stereocenters. The lowest BCUT2D eigenvalue weighted by atomic mass is 10.2. The summed E-state index contributed by atoms with van der Waals surface area (Å²) in [6.07, 6.45) is 0. The summed E-state index contributed by atoms with van der Waals surface area (Å²) >= 11 is 1.65. The van der Waals surface area contributed by atoms with E-state index in [1.807, 2.05) is 31.2 Å². The Morgan fingerprint density at radius 2 is 1.88 bits per heavy atom. The Hall–Kier alpha value is -2.67. The number of hydrogen-bond donors (Lipinski definition) is 2. The van der Waals surface area contributed by atoms with Gasteiger partial charge in [-0.2, -0.15) is 0 Å². The molecule has 0 fully saturated rings. The fourth-order valence-electron chi connectivity index (χ4n) is 2.65. The van der Waals surface area contributed by atoms with Crippen LogP contribution in [0, 0.1) is 20.8 Å². The molecule has 1 aromatic carbocycles. The second kappa shape index (κ2) is 7.70. The zero-order valence-electron chi connectivity index (χ0n) is 15.3. The topological polar surface area (TPSA) is 76.1 Å². The molecule has 136 valence electrons. The van der Waals surface area contributed by atoms with Crippen molar-refractivity contribution in [3.63, 3.8) is 0 Å². The summed E-state index contributed by atoms with van der Waals surface area (Å²) in [5.41, 5.74) is 2.18.